The Labute approximate surface area is 124 Å². The molecule has 1 atom stereocenters. The van der Waals surface area contributed by atoms with Crippen LogP contribution in [0.1, 0.15) is 49.4 Å². The summed E-state index contributed by atoms with van der Waals surface area (Å²) in [6.07, 6.45) is 2.02. The molecule has 0 saturated heterocycles. The molecule has 1 fully saturated rings. The minimum atomic E-state index is -1.10. The van der Waals surface area contributed by atoms with Crippen molar-refractivity contribution in [1.82, 2.24) is 0 Å². The number of ether oxygens (including phenoxy) is 1. The van der Waals surface area contributed by atoms with E-state index in [2.05, 4.69) is 0 Å². The Bertz CT molecular complexity index is 535. The molecule has 1 saturated carbocycles. The summed E-state index contributed by atoms with van der Waals surface area (Å²) in [5, 5.41) is 0. The molecule has 1 aliphatic carbocycles. The van der Waals surface area contributed by atoms with Crippen LogP contribution in [0.4, 0.5) is 0 Å². The Morgan fingerprint density at radius 3 is 2.52 bits per heavy atom. The summed E-state index contributed by atoms with van der Waals surface area (Å²) in [5.41, 5.74) is -0.484. The summed E-state index contributed by atoms with van der Waals surface area (Å²) in [4.78, 5) is 36.5. The van der Waals surface area contributed by atoms with E-state index >= 15 is 0 Å². The first-order valence-corrected chi connectivity index (χ1v) is 7.39. The number of hydrogen-bond acceptors (Lipinski definition) is 4. The largest absolute Gasteiger partial charge is 0.465 e. The van der Waals surface area contributed by atoms with Gasteiger partial charge in [0.1, 0.15) is 11.2 Å². The van der Waals surface area contributed by atoms with Gasteiger partial charge in [0.25, 0.3) is 0 Å². The van der Waals surface area contributed by atoms with Gasteiger partial charge in [0.2, 0.25) is 0 Å². The van der Waals surface area contributed by atoms with Crippen molar-refractivity contribution < 1.29 is 19.1 Å². The Morgan fingerprint density at radius 1 is 1.24 bits per heavy atom. The molecule has 1 aromatic rings. The normalized spacial score (nSPS) is 21.3. The standard InChI is InChI=1S/C17H20O4/c1-2-21-16(20)17(11-6-9-15(17)19)12-10-14(18)13-7-4-3-5-8-13/h3-5,7-8H,2,6,9-12H2,1H3. The predicted molar refractivity (Wildman–Crippen MR) is 77.9 cm³/mol. The lowest BCUT2D eigenvalue weighted by molar-refractivity contribution is -0.159. The van der Waals surface area contributed by atoms with Crippen molar-refractivity contribution >= 4 is 17.5 Å². The minimum Gasteiger partial charge on any atom is -0.465 e. The third-order valence-corrected chi connectivity index (χ3v) is 4.08. The zero-order valence-electron chi connectivity index (χ0n) is 12.3. The van der Waals surface area contributed by atoms with Gasteiger partial charge in [-0.05, 0) is 26.2 Å². The Hall–Kier alpha value is -1.97. The number of ketones is 2. The predicted octanol–water partition coefficient (Wildman–Crippen LogP) is 2.95. The Balaban J connectivity index is 2.08. The third kappa shape index (κ3) is 3.20. The van der Waals surface area contributed by atoms with E-state index in [0.717, 1.165) is 0 Å². The molecule has 1 unspecified atom stereocenters. The summed E-state index contributed by atoms with van der Waals surface area (Å²) in [7, 11) is 0. The SMILES string of the molecule is CCOC(=O)C1(CCC(=O)c2ccccc2)CCCC1=O. The summed E-state index contributed by atoms with van der Waals surface area (Å²) >= 11 is 0. The monoisotopic (exact) mass is 288 g/mol. The first-order valence-electron chi connectivity index (χ1n) is 7.39. The van der Waals surface area contributed by atoms with Gasteiger partial charge in [0, 0.05) is 18.4 Å². The summed E-state index contributed by atoms with van der Waals surface area (Å²) in [5.74, 6) is -0.589. The molecular weight excluding hydrogens is 268 g/mol. The maximum atomic E-state index is 12.2. The van der Waals surface area contributed by atoms with Crippen molar-refractivity contribution in [1.29, 1.82) is 0 Å². The number of Topliss-reactive ketones (excluding diaryl/α,β-unsaturated/α-hetero) is 2. The average molecular weight is 288 g/mol. The molecule has 21 heavy (non-hydrogen) atoms. The zero-order valence-corrected chi connectivity index (χ0v) is 12.3. The first kappa shape index (κ1) is 15.4. The van der Waals surface area contributed by atoms with Crippen molar-refractivity contribution in [2.24, 2.45) is 5.41 Å². The number of carbonyl (C=O) groups is 3. The van der Waals surface area contributed by atoms with E-state index in [1.807, 2.05) is 6.07 Å². The van der Waals surface area contributed by atoms with Gasteiger partial charge >= 0.3 is 5.97 Å². The van der Waals surface area contributed by atoms with Crippen LogP contribution in [-0.2, 0) is 14.3 Å². The van der Waals surface area contributed by atoms with Crippen LogP contribution in [0.25, 0.3) is 0 Å². The fourth-order valence-corrected chi connectivity index (χ4v) is 2.88. The maximum absolute atomic E-state index is 12.2. The van der Waals surface area contributed by atoms with Crippen LogP contribution < -0.4 is 0 Å². The van der Waals surface area contributed by atoms with E-state index in [1.54, 1.807) is 31.2 Å². The first-order chi connectivity index (χ1) is 10.1. The van der Waals surface area contributed by atoms with Crippen LogP contribution in [0.3, 0.4) is 0 Å². The molecule has 0 amide bonds. The average Bonchev–Trinajstić information content (AvgIpc) is 2.88. The van der Waals surface area contributed by atoms with E-state index in [9.17, 15) is 14.4 Å². The minimum absolute atomic E-state index is 0.0426. The maximum Gasteiger partial charge on any atom is 0.319 e. The van der Waals surface area contributed by atoms with E-state index < -0.39 is 11.4 Å². The quantitative estimate of drug-likeness (QED) is 0.459. The molecule has 0 N–H and O–H groups in total. The van der Waals surface area contributed by atoms with Crippen LogP contribution in [0.15, 0.2) is 30.3 Å². The fraction of sp³-hybridized carbons (Fsp3) is 0.471. The van der Waals surface area contributed by atoms with Gasteiger partial charge in [-0.3, -0.25) is 14.4 Å². The van der Waals surface area contributed by atoms with E-state index in [-0.39, 0.29) is 31.0 Å². The summed E-state index contributed by atoms with van der Waals surface area (Å²) in [6.45, 7) is 1.97. The van der Waals surface area contributed by atoms with Crippen LogP contribution in [0.5, 0.6) is 0 Å². The molecular formula is C17H20O4. The number of carbonyl (C=O) groups excluding carboxylic acids is 3. The van der Waals surface area contributed by atoms with Gasteiger partial charge in [-0.15, -0.1) is 0 Å². The number of esters is 1. The molecule has 0 aliphatic heterocycles. The van der Waals surface area contributed by atoms with Gasteiger partial charge in [-0.1, -0.05) is 30.3 Å². The number of benzene rings is 1. The van der Waals surface area contributed by atoms with E-state index in [0.29, 0.717) is 24.8 Å². The second kappa shape index (κ2) is 6.66. The molecule has 0 spiro atoms. The van der Waals surface area contributed by atoms with Crippen molar-refractivity contribution in [2.75, 3.05) is 6.61 Å². The zero-order chi connectivity index (χ0) is 15.3. The lowest BCUT2D eigenvalue weighted by Crippen LogP contribution is -2.37. The highest BCUT2D eigenvalue weighted by Gasteiger charge is 2.49. The highest BCUT2D eigenvalue weighted by atomic mass is 16.5. The number of hydrogen-bond donors (Lipinski definition) is 0. The van der Waals surface area contributed by atoms with Crippen LogP contribution in [-0.4, -0.2) is 24.1 Å². The van der Waals surface area contributed by atoms with Gasteiger partial charge in [-0.2, -0.15) is 0 Å². The molecule has 0 radical (unpaired) electrons. The Morgan fingerprint density at radius 2 is 1.95 bits per heavy atom. The van der Waals surface area contributed by atoms with Crippen molar-refractivity contribution in [3.8, 4) is 0 Å². The van der Waals surface area contributed by atoms with Crippen molar-refractivity contribution in [3.63, 3.8) is 0 Å². The molecule has 2 rings (SSSR count). The van der Waals surface area contributed by atoms with E-state index in [1.165, 1.54) is 0 Å². The lowest BCUT2D eigenvalue weighted by atomic mass is 9.79. The van der Waals surface area contributed by atoms with E-state index in [4.69, 9.17) is 4.74 Å². The summed E-state index contributed by atoms with van der Waals surface area (Å²) in [6, 6.07) is 8.94. The topological polar surface area (TPSA) is 60.4 Å². The highest BCUT2D eigenvalue weighted by Crippen LogP contribution is 2.40. The van der Waals surface area contributed by atoms with Gasteiger partial charge in [0.15, 0.2) is 5.78 Å². The molecule has 1 aliphatic rings. The van der Waals surface area contributed by atoms with Crippen LogP contribution >= 0.6 is 0 Å². The molecule has 0 aromatic heterocycles. The van der Waals surface area contributed by atoms with Gasteiger partial charge in [0.05, 0.1) is 6.61 Å². The van der Waals surface area contributed by atoms with Crippen LogP contribution in [0, 0.1) is 5.41 Å². The van der Waals surface area contributed by atoms with Gasteiger partial charge < -0.3 is 4.74 Å². The fourth-order valence-electron chi connectivity index (χ4n) is 2.88. The molecule has 0 bridgehead atoms. The molecule has 112 valence electrons. The molecule has 0 heterocycles. The van der Waals surface area contributed by atoms with Crippen molar-refractivity contribution in [3.05, 3.63) is 35.9 Å². The highest BCUT2D eigenvalue weighted by molar-refractivity contribution is 6.06. The molecule has 4 nitrogen and oxygen atoms in total. The van der Waals surface area contributed by atoms with Gasteiger partial charge in [-0.25, -0.2) is 0 Å². The Kier molecular flexibility index (Phi) is 4.89. The lowest BCUT2D eigenvalue weighted by Gasteiger charge is -2.24. The summed E-state index contributed by atoms with van der Waals surface area (Å²) < 4.78 is 5.07. The second-order valence-corrected chi connectivity index (χ2v) is 5.37. The smallest absolute Gasteiger partial charge is 0.319 e. The third-order valence-electron chi connectivity index (χ3n) is 4.08. The molecule has 1 aromatic carbocycles. The second-order valence-electron chi connectivity index (χ2n) is 5.37. The van der Waals surface area contributed by atoms with Crippen molar-refractivity contribution in [2.45, 2.75) is 39.0 Å². The molecule has 4 heteroatoms. The number of rotatable bonds is 6. The van der Waals surface area contributed by atoms with Crippen LogP contribution in [0.2, 0.25) is 0 Å².